The molecule has 110 valence electrons. The van der Waals surface area contributed by atoms with Gasteiger partial charge in [0.15, 0.2) is 0 Å². The van der Waals surface area contributed by atoms with Gasteiger partial charge in [0, 0.05) is 29.4 Å². The predicted octanol–water partition coefficient (Wildman–Crippen LogP) is 4.71. The van der Waals surface area contributed by atoms with Crippen LogP contribution in [-0.2, 0) is 0 Å². The van der Waals surface area contributed by atoms with Crippen LogP contribution in [0, 0.1) is 10.1 Å². The first-order chi connectivity index (χ1) is 9.99. The molecule has 1 atom stereocenters. The van der Waals surface area contributed by atoms with Gasteiger partial charge in [0.25, 0.3) is 12.1 Å². The van der Waals surface area contributed by atoms with Crippen LogP contribution in [0.4, 0.5) is 20.2 Å². The van der Waals surface area contributed by atoms with E-state index in [-0.39, 0.29) is 23.0 Å². The number of alkyl halides is 2. The molecule has 1 N–H and O–H groups in total. The average Bonchev–Trinajstić information content (AvgIpc) is 2.48. The summed E-state index contributed by atoms with van der Waals surface area (Å²) >= 11 is 0. The highest BCUT2D eigenvalue weighted by atomic mass is 19.3. The Morgan fingerprint density at radius 1 is 1.14 bits per heavy atom. The lowest BCUT2D eigenvalue weighted by molar-refractivity contribution is -0.385. The first-order valence-electron chi connectivity index (χ1n) is 6.37. The van der Waals surface area contributed by atoms with Crippen LogP contribution in [0.15, 0.2) is 48.5 Å². The van der Waals surface area contributed by atoms with E-state index in [4.69, 9.17) is 0 Å². The average molecular weight is 292 g/mol. The molecule has 4 nitrogen and oxygen atoms in total. The SMILES string of the molecule is CC(Nc1ccc([N+](=O)[O-])cc1C(F)F)c1ccccc1. The van der Waals surface area contributed by atoms with Gasteiger partial charge in [0.05, 0.1) is 4.92 Å². The van der Waals surface area contributed by atoms with E-state index in [0.717, 1.165) is 11.6 Å². The Kier molecular flexibility index (Phi) is 4.47. The molecule has 0 fully saturated rings. The van der Waals surface area contributed by atoms with Crippen molar-refractivity contribution >= 4 is 11.4 Å². The number of non-ortho nitro benzene ring substituents is 1. The summed E-state index contributed by atoms with van der Waals surface area (Å²) < 4.78 is 26.1. The number of benzene rings is 2. The summed E-state index contributed by atoms with van der Waals surface area (Å²) in [5, 5.41) is 13.6. The first kappa shape index (κ1) is 14.9. The fourth-order valence-corrected chi connectivity index (χ4v) is 2.03. The molecule has 0 heterocycles. The van der Waals surface area contributed by atoms with Crippen molar-refractivity contribution in [2.45, 2.75) is 19.4 Å². The maximum absolute atomic E-state index is 13.1. The topological polar surface area (TPSA) is 55.2 Å². The van der Waals surface area contributed by atoms with E-state index in [2.05, 4.69) is 5.32 Å². The van der Waals surface area contributed by atoms with Crippen LogP contribution in [0.5, 0.6) is 0 Å². The summed E-state index contributed by atoms with van der Waals surface area (Å²) in [6.45, 7) is 1.84. The van der Waals surface area contributed by atoms with Crippen molar-refractivity contribution < 1.29 is 13.7 Å². The minimum atomic E-state index is -2.78. The Bertz CT molecular complexity index is 633. The molecule has 2 aromatic rings. The van der Waals surface area contributed by atoms with Crippen molar-refractivity contribution in [2.24, 2.45) is 0 Å². The van der Waals surface area contributed by atoms with E-state index in [1.54, 1.807) is 0 Å². The molecule has 6 heteroatoms. The second-order valence-electron chi connectivity index (χ2n) is 4.61. The van der Waals surface area contributed by atoms with E-state index < -0.39 is 11.3 Å². The number of rotatable bonds is 5. The van der Waals surface area contributed by atoms with Gasteiger partial charge < -0.3 is 5.32 Å². The molecule has 0 amide bonds. The lowest BCUT2D eigenvalue weighted by Gasteiger charge is -2.18. The standard InChI is InChI=1S/C15H14F2N2O2/c1-10(11-5-3-2-4-6-11)18-14-8-7-12(19(20)21)9-13(14)15(16)17/h2-10,15,18H,1H3. The molecule has 0 radical (unpaired) electrons. The van der Waals surface area contributed by atoms with Crippen molar-refractivity contribution in [1.29, 1.82) is 0 Å². The van der Waals surface area contributed by atoms with Gasteiger partial charge in [0.2, 0.25) is 0 Å². The van der Waals surface area contributed by atoms with Crippen LogP contribution in [0.2, 0.25) is 0 Å². The Labute approximate surface area is 120 Å². The van der Waals surface area contributed by atoms with Gasteiger partial charge in [-0.15, -0.1) is 0 Å². The molecule has 0 aliphatic carbocycles. The summed E-state index contributed by atoms with van der Waals surface area (Å²) in [7, 11) is 0. The predicted molar refractivity (Wildman–Crippen MR) is 76.5 cm³/mol. The molecule has 0 bridgehead atoms. The second-order valence-corrected chi connectivity index (χ2v) is 4.61. The number of nitro benzene ring substituents is 1. The van der Waals surface area contributed by atoms with E-state index in [1.165, 1.54) is 12.1 Å². The number of nitrogens with one attached hydrogen (secondary N) is 1. The summed E-state index contributed by atoms with van der Waals surface area (Å²) in [6, 6.07) is 12.6. The van der Waals surface area contributed by atoms with Gasteiger partial charge >= 0.3 is 0 Å². The van der Waals surface area contributed by atoms with Crippen LogP contribution >= 0.6 is 0 Å². The van der Waals surface area contributed by atoms with Crippen molar-refractivity contribution in [2.75, 3.05) is 5.32 Å². The molecule has 21 heavy (non-hydrogen) atoms. The lowest BCUT2D eigenvalue weighted by atomic mass is 10.1. The number of hydrogen-bond acceptors (Lipinski definition) is 3. The molecule has 0 saturated carbocycles. The molecule has 0 aliphatic rings. The van der Waals surface area contributed by atoms with Crippen LogP contribution in [0.1, 0.15) is 30.5 Å². The Hall–Kier alpha value is -2.50. The minimum Gasteiger partial charge on any atom is -0.378 e. The molecule has 0 spiro atoms. The summed E-state index contributed by atoms with van der Waals surface area (Å²) in [6.07, 6.45) is -2.78. The number of nitro groups is 1. The Morgan fingerprint density at radius 3 is 2.38 bits per heavy atom. The highest BCUT2D eigenvalue weighted by Crippen LogP contribution is 2.32. The maximum Gasteiger partial charge on any atom is 0.270 e. The maximum atomic E-state index is 13.1. The molecule has 2 aromatic carbocycles. The van der Waals surface area contributed by atoms with Crippen LogP contribution in [-0.4, -0.2) is 4.92 Å². The molecular weight excluding hydrogens is 278 g/mol. The Balaban J connectivity index is 2.29. The quantitative estimate of drug-likeness (QED) is 0.641. The molecule has 0 aliphatic heterocycles. The highest BCUT2D eigenvalue weighted by molar-refractivity contribution is 5.57. The zero-order valence-electron chi connectivity index (χ0n) is 11.3. The van der Waals surface area contributed by atoms with Gasteiger partial charge in [0.1, 0.15) is 0 Å². The third-order valence-electron chi connectivity index (χ3n) is 3.15. The zero-order chi connectivity index (χ0) is 15.4. The van der Waals surface area contributed by atoms with Crippen LogP contribution in [0.25, 0.3) is 0 Å². The molecule has 0 saturated heterocycles. The third-order valence-corrected chi connectivity index (χ3v) is 3.15. The monoisotopic (exact) mass is 292 g/mol. The van der Waals surface area contributed by atoms with Crippen molar-refractivity contribution in [1.82, 2.24) is 0 Å². The molecular formula is C15H14F2N2O2. The zero-order valence-corrected chi connectivity index (χ0v) is 11.3. The summed E-state index contributed by atoms with van der Waals surface area (Å²) in [4.78, 5) is 9.99. The molecule has 2 rings (SSSR count). The summed E-state index contributed by atoms with van der Waals surface area (Å²) in [5.41, 5.74) is 0.429. The van der Waals surface area contributed by atoms with E-state index >= 15 is 0 Å². The molecule has 0 aromatic heterocycles. The van der Waals surface area contributed by atoms with E-state index in [0.29, 0.717) is 0 Å². The number of nitrogens with zero attached hydrogens (tertiary/aromatic N) is 1. The smallest absolute Gasteiger partial charge is 0.270 e. The van der Waals surface area contributed by atoms with Gasteiger partial charge in [-0.2, -0.15) is 0 Å². The number of halogens is 2. The van der Waals surface area contributed by atoms with Crippen molar-refractivity contribution in [3.8, 4) is 0 Å². The van der Waals surface area contributed by atoms with Gasteiger partial charge in [-0.25, -0.2) is 8.78 Å². The van der Waals surface area contributed by atoms with Crippen molar-refractivity contribution in [3.63, 3.8) is 0 Å². The number of anilines is 1. The Morgan fingerprint density at radius 2 is 1.81 bits per heavy atom. The highest BCUT2D eigenvalue weighted by Gasteiger charge is 2.19. The third kappa shape index (κ3) is 3.53. The fraction of sp³-hybridized carbons (Fsp3) is 0.200. The van der Waals surface area contributed by atoms with Crippen LogP contribution in [0.3, 0.4) is 0 Å². The van der Waals surface area contributed by atoms with E-state index in [9.17, 15) is 18.9 Å². The first-order valence-corrected chi connectivity index (χ1v) is 6.37. The van der Waals surface area contributed by atoms with Gasteiger partial charge in [-0.3, -0.25) is 10.1 Å². The number of hydrogen-bond donors (Lipinski definition) is 1. The van der Waals surface area contributed by atoms with Gasteiger partial charge in [-0.1, -0.05) is 30.3 Å². The summed E-state index contributed by atoms with van der Waals surface area (Å²) in [5.74, 6) is 0. The van der Waals surface area contributed by atoms with Crippen molar-refractivity contribution in [3.05, 3.63) is 69.8 Å². The van der Waals surface area contributed by atoms with Gasteiger partial charge in [-0.05, 0) is 18.6 Å². The van der Waals surface area contributed by atoms with E-state index in [1.807, 2.05) is 37.3 Å². The fourth-order valence-electron chi connectivity index (χ4n) is 2.03. The largest absolute Gasteiger partial charge is 0.378 e. The van der Waals surface area contributed by atoms with Crippen LogP contribution < -0.4 is 5.32 Å². The lowest BCUT2D eigenvalue weighted by Crippen LogP contribution is -2.09. The molecule has 1 unspecified atom stereocenters. The second kappa shape index (κ2) is 6.30. The normalized spacial score (nSPS) is 12.2. The minimum absolute atomic E-state index is 0.190.